The van der Waals surface area contributed by atoms with Crippen LogP contribution in [0.4, 0.5) is 17.1 Å². The van der Waals surface area contributed by atoms with Crippen LogP contribution in [0.25, 0.3) is 0 Å². The highest BCUT2D eigenvalue weighted by molar-refractivity contribution is 6.03. The van der Waals surface area contributed by atoms with E-state index in [0.29, 0.717) is 5.69 Å². The third-order valence-corrected chi connectivity index (χ3v) is 4.45. The number of hydrogen-bond donors (Lipinski definition) is 2. The molecule has 0 radical (unpaired) electrons. The third kappa shape index (κ3) is 4.72. The van der Waals surface area contributed by atoms with Crippen LogP contribution in [0.2, 0.25) is 0 Å². The summed E-state index contributed by atoms with van der Waals surface area (Å²) in [6, 6.07) is 11.7. The first-order valence-corrected chi connectivity index (χ1v) is 9.12. The van der Waals surface area contributed by atoms with Crippen LogP contribution < -0.4 is 15.5 Å². The van der Waals surface area contributed by atoms with Crippen molar-refractivity contribution in [3.05, 3.63) is 48.3 Å². The van der Waals surface area contributed by atoms with Crippen molar-refractivity contribution in [2.75, 3.05) is 35.2 Å². The van der Waals surface area contributed by atoms with Crippen molar-refractivity contribution in [1.82, 2.24) is 4.98 Å². The molecular formula is C20H26N4O. The first kappa shape index (κ1) is 17.3. The van der Waals surface area contributed by atoms with Gasteiger partial charge < -0.3 is 15.5 Å². The van der Waals surface area contributed by atoms with Crippen molar-refractivity contribution in [3.8, 4) is 0 Å². The van der Waals surface area contributed by atoms with E-state index in [2.05, 4.69) is 39.6 Å². The zero-order valence-corrected chi connectivity index (χ0v) is 14.8. The molecule has 5 nitrogen and oxygen atoms in total. The molecule has 0 bridgehead atoms. The Bertz CT molecular complexity index is 693. The second kappa shape index (κ2) is 8.51. The molecule has 3 rings (SSSR count). The maximum atomic E-state index is 12.4. The van der Waals surface area contributed by atoms with Crippen LogP contribution in [0.5, 0.6) is 0 Å². The second-order valence-electron chi connectivity index (χ2n) is 6.41. The van der Waals surface area contributed by atoms with Crippen molar-refractivity contribution in [2.45, 2.75) is 32.6 Å². The minimum absolute atomic E-state index is 0.187. The molecule has 0 saturated carbocycles. The number of rotatable bonds is 7. The summed E-state index contributed by atoms with van der Waals surface area (Å²) in [5.74, 6) is -0.187. The Labute approximate surface area is 149 Å². The van der Waals surface area contributed by atoms with Crippen LogP contribution in [0.1, 0.15) is 43.1 Å². The lowest BCUT2D eigenvalue weighted by molar-refractivity contribution is 0.102. The molecule has 2 N–H and O–H groups in total. The molecule has 1 fully saturated rings. The topological polar surface area (TPSA) is 57.3 Å². The molecule has 132 valence electrons. The summed E-state index contributed by atoms with van der Waals surface area (Å²) in [6.45, 7) is 5.29. The number of carbonyl (C=O) groups excluding carboxylic acids is 1. The van der Waals surface area contributed by atoms with Crippen LogP contribution in [0.3, 0.4) is 0 Å². The van der Waals surface area contributed by atoms with Crippen LogP contribution in [-0.2, 0) is 0 Å². The number of pyridine rings is 1. The first-order valence-electron chi connectivity index (χ1n) is 9.12. The summed E-state index contributed by atoms with van der Waals surface area (Å²) < 4.78 is 0. The fourth-order valence-electron chi connectivity index (χ4n) is 3.00. The van der Waals surface area contributed by atoms with E-state index in [0.717, 1.165) is 43.9 Å². The van der Waals surface area contributed by atoms with Crippen molar-refractivity contribution in [2.24, 2.45) is 0 Å². The standard InChI is InChI=1S/C20H26N4O/c1-2-3-11-21-17-10-12-22-19(15-17)20(25)23-16-6-8-18(9-7-16)24-13-4-5-14-24/h6-10,12,15H,2-5,11,13-14H2,1H3,(H,21,22)(H,23,25). The average molecular weight is 338 g/mol. The number of carbonyl (C=O) groups is 1. The van der Waals surface area contributed by atoms with E-state index in [1.807, 2.05) is 18.2 Å². The molecule has 0 unspecified atom stereocenters. The lowest BCUT2D eigenvalue weighted by atomic mass is 10.2. The van der Waals surface area contributed by atoms with E-state index in [-0.39, 0.29) is 5.91 Å². The fraction of sp³-hybridized carbons (Fsp3) is 0.400. The Hall–Kier alpha value is -2.56. The molecule has 0 spiro atoms. The van der Waals surface area contributed by atoms with E-state index in [9.17, 15) is 4.79 Å². The van der Waals surface area contributed by atoms with Crippen molar-refractivity contribution < 1.29 is 4.79 Å². The molecule has 0 aliphatic carbocycles. The number of amides is 1. The minimum Gasteiger partial charge on any atom is -0.385 e. The lowest BCUT2D eigenvalue weighted by Gasteiger charge is -2.17. The van der Waals surface area contributed by atoms with Gasteiger partial charge in [-0.3, -0.25) is 9.78 Å². The van der Waals surface area contributed by atoms with Gasteiger partial charge >= 0.3 is 0 Å². The summed E-state index contributed by atoms with van der Waals surface area (Å²) in [6.07, 6.45) is 6.42. The maximum Gasteiger partial charge on any atom is 0.274 e. The smallest absolute Gasteiger partial charge is 0.274 e. The Kier molecular flexibility index (Phi) is 5.88. The van der Waals surface area contributed by atoms with Gasteiger partial charge in [-0.1, -0.05) is 13.3 Å². The molecule has 5 heteroatoms. The van der Waals surface area contributed by atoms with Gasteiger partial charge in [-0.2, -0.15) is 0 Å². The number of nitrogens with one attached hydrogen (secondary N) is 2. The number of hydrogen-bond acceptors (Lipinski definition) is 4. The van der Waals surface area contributed by atoms with Crippen LogP contribution in [0, 0.1) is 0 Å². The van der Waals surface area contributed by atoms with Gasteiger partial charge in [-0.05, 0) is 55.7 Å². The SMILES string of the molecule is CCCCNc1ccnc(C(=O)Nc2ccc(N3CCCC3)cc2)c1. The average Bonchev–Trinajstić information content (AvgIpc) is 3.17. The second-order valence-corrected chi connectivity index (χ2v) is 6.41. The van der Waals surface area contributed by atoms with E-state index in [4.69, 9.17) is 0 Å². The summed E-state index contributed by atoms with van der Waals surface area (Å²) >= 11 is 0. The molecule has 1 aliphatic heterocycles. The lowest BCUT2D eigenvalue weighted by Crippen LogP contribution is -2.17. The van der Waals surface area contributed by atoms with Crippen molar-refractivity contribution >= 4 is 23.0 Å². The summed E-state index contributed by atoms with van der Waals surface area (Å²) in [5, 5.41) is 6.24. The summed E-state index contributed by atoms with van der Waals surface area (Å²) in [7, 11) is 0. The molecule has 25 heavy (non-hydrogen) atoms. The number of unbranched alkanes of at least 4 members (excludes halogenated alkanes) is 1. The molecule has 1 aliphatic rings. The Morgan fingerprint density at radius 2 is 1.88 bits per heavy atom. The fourth-order valence-corrected chi connectivity index (χ4v) is 3.00. The predicted molar refractivity (Wildman–Crippen MR) is 103 cm³/mol. The Morgan fingerprint density at radius 3 is 2.60 bits per heavy atom. The van der Waals surface area contributed by atoms with Crippen LogP contribution in [-0.4, -0.2) is 30.5 Å². The summed E-state index contributed by atoms with van der Waals surface area (Å²) in [5.41, 5.74) is 3.36. The van der Waals surface area contributed by atoms with Gasteiger partial charge in [-0.25, -0.2) is 0 Å². The highest BCUT2D eigenvalue weighted by Gasteiger charge is 2.13. The monoisotopic (exact) mass is 338 g/mol. The summed E-state index contributed by atoms with van der Waals surface area (Å²) in [4.78, 5) is 19.0. The minimum atomic E-state index is -0.187. The molecule has 2 heterocycles. The van der Waals surface area contributed by atoms with Gasteiger partial charge in [0.25, 0.3) is 5.91 Å². The van der Waals surface area contributed by atoms with Gasteiger partial charge in [0.2, 0.25) is 0 Å². The molecule has 2 aromatic rings. The predicted octanol–water partition coefficient (Wildman–Crippen LogP) is 4.15. The molecule has 1 aromatic heterocycles. The highest BCUT2D eigenvalue weighted by Crippen LogP contribution is 2.22. The largest absolute Gasteiger partial charge is 0.385 e. The molecule has 1 aromatic carbocycles. The van der Waals surface area contributed by atoms with Gasteiger partial charge in [0.1, 0.15) is 5.69 Å². The zero-order valence-electron chi connectivity index (χ0n) is 14.8. The first-order chi connectivity index (χ1) is 12.3. The van der Waals surface area contributed by atoms with Gasteiger partial charge in [0.05, 0.1) is 0 Å². The third-order valence-electron chi connectivity index (χ3n) is 4.45. The quantitative estimate of drug-likeness (QED) is 0.745. The zero-order chi connectivity index (χ0) is 17.5. The van der Waals surface area contributed by atoms with Crippen LogP contribution >= 0.6 is 0 Å². The van der Waals surface area contributed by atoms with Gasteiger partial charge in [0, 0.05) is 42.9 Å². The molecule has 1 amide bonds. The Balaban J connectivity index is 1.60. The molecule has 1 saturated heterocycles. The van der Waals surface area contributed by atoms with E-state index in [1.54, 1.807) is 12.3 Å². The van der Waals surface area contributed by atoms with Gasteiger partial charge in [-0.15, -0.1) is 0 Å². The number of aromatic nitrogens is 1. The van der Waals surface area contributed by atoms with E-state index in [1.165, 1.54) is 18.5 Å². The maximum absolute atomic E-state index is 12.4. The van der Waals surface area contributed by atoms with Crippen molar-refractivity contribution in [3.63, 3.8) is 0 Å². The number of nitrogens with zero attached hydrogens (tertiary/aromatic N) is 2. The molecular weight excluding hydrogens is 312 g/mol. The van der Waals surface area contributed by atoms with Gasteiger partial charge in [0.15, 0.2) is 0 Å². The molecule has 0 atom stereocenters. The Morgan fingerprint density at radius 1 is 1.12 bits per heavy atom. The van der Waals surface area contributed by atoms with E-state index < -0.39 is 0 Å². The number of benzene rings is 1. The van der Waals surface area contributed by atoms with Crippen molar-refractivity contribution in [1.29, 1.82) is 0 Å². The van der Waals surface area contributed by atoms with E-state index >= 15 is 0 Å². The normalized spacial score (nSPS) is 13.7. The highest BCUT2D eigenvalue weighted by atomic mass is 16.1. The number of anilines is 3. The van der Waals surface area contributed by atoms with Crippen LogP contribution in [0.15, 0.2) is 42.6 Å².